The molecule has 136 valence electrons. The lowest BCUT2D eigenvalue weighted by atomic mass is 10.1. The van der Waals surface area contributed by atoms with Gasteiger partial charge in [-0.15, -0.1) is 0 Å². The third-order valence-electron chi connectivity index (χ3n) is 4.57. The van der Waals surface area contributed by atoms with Gasteiger partial charge in [-0.1, -0.05) is 36.4 Å². The minimum atomic E-state index is 0.601. The zero-order valence-electron chi connectivity index (χ0n) is 15.5. The number of rotatable bonds is 6. The van der Waals surface area contributed by atoms with Crippen molar-refractivity contribution in [1.29, 1.82) is 0 Å². The maximum Gasteiger partial charge on any atom is 0.161 e. The Kier molecular flexibility index (Phi) is 4.79. The first-order chi connectivity index (χ1) is 13.2. The van der Waals surface area contributed by atoms with E-state index in [4.69, 9.17) is 9.47 Å². The van der Waals surface area contributed by atoms with Crippen LogP contribution in [0.1, 0.15) is 11.1 Å². The SMILES string of the molecule is COc1cc(-c2nc3ccc(C)cc3[nH]2)ccc1OCCc1ccccc1. The average molecular weight is 358 g/mol. The van der Waals surface area contributed by atoms with E-state index in [2.05, 4.69) is 41.2 Å². The van der Waals surface area contributed by atoms with Crippen LogP contribution in [0.2, 0.25) is 0 Å². The molecule has 4 nitrogen and oxygen atoms in total. The van der Waals surface area contributed by atoms with Crippen LogP contribution in [0.25, 0.3) is 22.4 Å². The van der Waals surface area contributed by atoms with Crippen molar-refractivity contribution >= 4 is 11.0 Å². The molecule has 0 amide bonds. The molecule has 0 saturated carbocycles. The summed E-state index contributed by atoms with van der Waals surface area (Å²) < 4.78 is 11.5. The van der Waals surface area contributed by atoms with E-state index in [1.807, 2.05) is 42.5 Å². The predicted molar refractivity (Wildman–Crippen MR) is 108 cm³/mol. The molecule has 0 bridgehead atoms. The number of methoxy groups -OCH3 is 1. The molecule has 4 aromatic rings. The van der Waals surface area contributed by atoms with Crippen LogP contribution in [0.5, 0.6) is 11.5 Å². The maximum atomic E-state index is 5.94. The Labute approximate surface area is 158 Å². The van der Waals surface area contributed by atoms with E-state index in [-0.39, 0.29) is 0 Å². The second-order valence-corrected chi connectivity index (χ2v) is 6.56. The number of hydrogen-bond donors (Lipinski definition) is 1. The van der Waals surface area contributed by atoms with Gasteiger partial charge in [-0.3, -0.25) is 0 Å². The van der Waals surface area contributed by atoms with Gasteiger partial charge in [0, 0.05) is 12.0 Å². The van der Waals surface area contributed by atoms with Gasteiger partial charge in [0.05, 0.1) is 24.8 Å². The number of aromatic nitrogens is 2. The Morgan fingerprint density at radius 2 is 1.78 bits per heavy atom. The molecule has 4 rings (SSSR count). The van der Waals surface area contributed by atoms with Crippen LogP contribution < -0.4 is 9.47 Å². The molecule has 0 aliphatic heterocycles. The number of nitrogens with one attached hydrogen (secondary N) is 1. The molecule has 0 aliphatic carbocycles. The maximum absolute atomic E-state index is 5.94. The van der Waals surface area contributed by atoms with Crippen molar-refractivity contribution in [3.8, 4) is 22.9 Å². The molecular formula is C23H22N2O2. The topological polar surface area (TPSA) is 47.1 Å². The molecule has 0 fully saturated rings. The quantitative estimate of drug-likeness (QED) is 0.517. The molecule has 0 saturated heterocycles. The first-order valence-corrected chi connectivity index (χ1v) is 9.04. The van der Waals surface area contributed by atoms with Crippen molar-refractivity contribution in [2.45, 2.75) is 13.3 Å². The number of nitrogens with zero attached hydrogens (tertiary/aromatic N) is 1. The van der Waals surface area contributed by atoms with Crippen molar-refractivity contribution in [3.05, 3.63) is 77.9 Å². The summed E-state index contributed by atoms with van der Waals surface area (Å²) in [4.78, 5) is 8.06. The molecule has 0 aliphatic rings. The van der Waals surface area contributed by atoms with E-state index in [9.17, 15) is 0 Å². The van der Waals surface area contributed by atoms with Crippen LogP contribution >= 0.6 is 0 Å². The van der Waals surface area contributed by atoms with Gasteiger partial charge in [0.15, 0.2) is 11.5 Å². The van der Waals surface area contributed by atoms with Crippen molar-refractivity contribution < 1.29 is 9.47 Å². The van der Waals surface area contributed by atoms with E-state index in [0.29, 0.717) is 12.4 Å². The Morgan fingerprint density at radius 1 is 0.926 bits per heavy atom. The van der Waals surface area contributed by atoms with Crippen LogP contribution in [-0.4, -0.2) is 23.7 Å². The summed E-state index contributed by atoms with van der Waals surface area (Å²) in [7, 11) is 1.66. The van der Waals surface area contributed by atoms with Crippen molar-refractivity contribution in [2.24, 2.45) is 0 Å². The van der Waals surface area contributed by atoms with E-state index in [1.54, 1.807) is 7.11 Å². The Bertz CT molecular complexity index is 1050. The number of aryl methyl sites for hydroxylation is 1. The minimum absolute atomic E-state index is 0.601. The van der Waals surface area contributed by atoms with Crippen LogP contribution in [0, 0.1) is 6.92 Å². The van der Waals surface area contributed by atoms with Crippen LogP contribution in [0.4, 0.5) is 0 Å². The Morgan fingerprint density at radius 3 is 2.59 bits per heavy atom. The molecule has 4 heteroatoms. The monoisotopic (exact) mass is 358 g/mol. The van der Waals surface area contributed by atoms with E-state index >= 15 is 0 Å². The largest absolute Gasteiger partial charge is 0.493 e. The van der Waals surface area contributed by atoms with Crippen molar-refractivity contribution in [3.63, 3.8) is 0 Å². The highest BCUT2D eigenvalue weighted by atomic mass is 16.5. The lowest BCUT2D eigenvalue weighted by Crippen LogP contribution is -2.02. The molecule has 0 radical (unpaired) electrons. The molecule has 1 aromatic heterocycles. The van der Waals surface area contributed by atoms with Gasteiger partial charge >= 0.3 is 0 Å². The molecule has 0 atom stereocenters. The zero-order chi connectivity index (χ0) is 18.6. The summed E-state index contributed by atoms with van der Waals surface area (Å²) in [6, 6.07) is 22.4. The fourth-order valence-electron chi connectivity index (χ4n) is 3.12. The number of aromatic amines is 1. The first-order valence-electron chi connectivity index (χ1n) is 9.04. The average Bonchev–Trinajstić information content (AvgIpc) is 3.12. The number of H-pyrrole nitrogens is 1. The Hall–Kier alpha value is -3.27. The highest BCUT2D eigenvalue weighted by molar-refractivity contribution is 5.80. The van der Waals surface area contributed by atoms with Gasteiger partial charge in [-0.2, -0.15) is 0 Å². The fourth-order valence-corrected chi connectivity index (χ4v) is 3.12. The minimum Gasteiger partial charge on any atom is -0.493 e. The predicted octanol–water partition coefficient (Wildman–Crippen LogP) is 5.17. The molecule has 1 N–H and O–H groups in total. The first kappa shape index (κ1) is 17.2. The lowest BCUT2D eigenvalue weighted by Gasteiger charge is -2.11. The van der Waals surface area contributed by atoms with Gasteiger partial charge in [0.2, 0.25) is 0 Å². The Balaban J connectivity index is 1.53. The van der Waals surface area contributed by atoms with Gasteiger partial charge in [0.25, 0.3) is 0 Å². The zero-order valence-corrected chi connectivity index (χ0v) is 15.5. The van der Waals surface area contributed by atoms with Gasteiger partial charge < -0.3 is 14.5 Å². The number of benzene rings is 3. The molecule has 0 unspecified atom stereocenters. The summed E-state index contributed by atoms with van der Waals surface area (Å²) in [5.74, 6) is 2.27. The normalized spacial score (nSPS) is 10.9. The van der Waals surface area contributed by atoms with Gasteiger partial charge in [-0.25, -0.2) is 4.98 Å². The second-order valence-electron chi connectivity index (χ2n) is 6.56. The smallest absolute Gasteiger partial charge is 0.161 e. The second kappa shape index (κ2) is 7.54. The summed E-state index contributed by atoms with van der Waals surface area (Å²) in [6.07, 6.45) is 0.856. The molecule has 0 spiro atoms. The molecule has 1 heterocycles. The van der Waals surface area contributed by atoms with Crippen LogP contribution in [0.15, 0.2) is 66.7 Å². The number of imidazole rings is 1. The highest BCUT2D eigenvalue weighted by Crippen LogP contribution is 2.32. The standard InChI is InChI=1S/C23H22N2O2/c1-16-8-10-19-20(14-16)25-23(24-19)18-9-11-21(22(15-18)26-2)27-13-12-17-6-4-3-5-7-17/h3-11,14-15H,12-13H2,1-2H3,(H,24,25). The third kappa shape index (κ3) is 3.80. The van der Waals surface area contributed by atoms with Crippen LogP contribution in [0.3, 0.4) is 0 Å². The van der Waals surface area contributed by atoms with E-state index in [0.717, 1.165) is 34.6 Å². The van der Waals surface area contributed by atoms with Gasteiger partial charge in [0.1, 0.15) is 5.82 Å². The fraction of sp³-hybridized carbons (Fsp3) is 0.174. The van der Waals surface area contributed by atoms with Crippen molar-refractivity contribution in [1.82, 2.24) is 9.97 Å². The number of hydrogen-bond acceptors (Lipinski definition) is 3. The van der Waals surface area contributed by atoms with Crippen molar-refractivity contribution in [2.75, 3.05) is 13.7 Å². The summed E-state index contributed by atoms with van der Waals surface area (Å²) in [5, 5.41) is 0. The molecule has 3 aromatic carbocycles. The summed E-state index contributed by atoms with van der Waals surface area (Å²) in [5.41, 5.74) is 5.42. The number of ether oxygens (including phenoxy) is 2. The summed E-state index contributed by atoms with van der Waals surface area (Å²) in [6.45, 7) is 2.67. The third-order valence-corrected chi connectivity index (χ3v) is 4.57. The summed E-state index contributed by atoms with van der Waals surface area (Å²) >= 11 is 0. The molecule has 27 heavy (non-hydrogen) atoms. The highest BCUT2D eigenvalue weighted by Gasteiger charge is 2.10. The van der Waals surface area contributed by atoms with Gasteiger partial charge in [-0.05, 0) is 48.4 Å². The van der Waals surface area contributed by atoms with Crippen LogP contribution in [-0.2, 0) is 6.42 Å². The lowest BCUT2D eigenvalue weighted by molar-refractivity contribution is 0.298. The van der Waals surface area contributed by atoms with E-state index in [1.165, 1.54) is 11.1 Å². The van der Waals surface area contributed by atoms with E-state index < -0.39 is 0 Å². The molecular weight excluding hydrogens is 336 g/mol. The number of fused-ring (bicyclic) bond motifs is 1.